The van der Waals surface area contributed by atoms with Crippen LogP contribution in [-0.2, 0) is 16.1 Å². The van der Waals surface area contributed by atoms with E-state index < -0.39 is 5.44 Å². The van der Waals surface area contributed by atoms with Gasteiger partial charge in [0.1, 0.15) is 6.61 Å². The van der Waals surface area contributed by atoms with Crippen molar-refractivity contribution in [3.05, 3.63) is 66.2 Å². The van der Waals surface area contributed by atoms with Crippen LogP contribution in [0.1, 0.15) is 31.2 Å². The molecular formula is C26H34BN3O2. The van der Waals surface area contributed by atoms with Crippen LogP contribution in [0.3, 0.4) is 0 Å². The van der Waals surface area contributed by atoms with Gasteiger partial charge in [0, 0.05) is 43.8 Å². The number of carbonyl (C=O) groups excluding carboxylic acids is 1. The molecule has 0 amide bonds. The molecule has 1 atom stereocenters. The summed E-state index contributed by atoms with van der Waals surface area (Å²) in [6.07, 6.45) is 3.74. The first-order valence-corrected chi connectivity index (χ1v) is 11.9. The number of piperazine rings is 1. The summed E-state index contributed by atoms with van der Waals surface area (Å²) in [7, 11) is 6.99. The molecule has 0 N–H and O–H groups in total. The molecule has 2 aliphatic heterocycles. The summed E-state index contributed by atoms with van der Waals surface area (Å²) in [5.41, 5.74) is 1.58. The Balaban J connectivity index is 1.36. The quantitative estimate of drug-likeness (QED) is 0.474. The van der Waals surface area contributed by atoms with E-state index in [-0.39, 0.29) is 12.4 Å². The summed E-state index contributed by atoms with van der Waals surface area (Å²) in [6, 6.07) is 20.4. The van der Waals surface area contributed by atoms with E-state index in [0.717, 1.165) is 57.7 Å². The highest BCUT2D eigenvalue weighted by molar-refractivity contribution is 6.17. The zero-order chi connectivity index (χ0) is 22.2. The number of esters is 1. The van der Waals surface area contributed by atoms with Crippen LogP contribution >= 0.6 is 0 Å². The van der Waals surface area contributed by atoms with Crippen molar-refractivity contribution in [2.45, 2.75) is 37.7 Å². The summed E-state index contributed by atoms with van der Waals surface area (Å²) >= 11 is 0. The van der Waals surface area contributed by atoms with E-state index in [1.807, 2.05) is 30.3 Å². The van der Waals surface area contributed by atoms with E-state index in [1.165, 1.54) is 12.1 Å². The van der Waals surface area contributed by atoms with E-state index in [2.05, 4.69) is 45.0 Å². The molecule has 0 bridgehead atoms. The third kappa shape index (κ3) is 6.14. The fraction of sp³-hybridized carbons (Fsp3) is 0.500. The van der Waals surface area contributed by atoms with Gasteiger partial charge in [-0.15, -0.1) is 0 Å². The van der Waals surface area contributed by atoms with E-state index in [9.17, 15) is 4.79 Å². The smallest absolute Gasteiger partial charge is 0.307 e. The molecule has 2 aromatic carbocycles. The first-order valence-electron chi connectivity index (χ1n) is 11.9. The Morgan fingerprint density at radius 2 is 1.47 bits per heavy atom. The largest absolute Gasteiger partial charge is 0.461 e. The molecule has 4 rings (SSSR count). The number of ether oxygens (including phenoxy) is 1. The molecule has 168 valence electrons. The van der Waals surface area contributed by atoms with Crippen LogP contribution < -0.4 is 4.90 Å². The lowest BCUT2D eigenvalue weighted by molar-refractivity contribution is -0.147. The number of hydrogen-bond donors (Lipinski definition) is 0. The molecule has 2 heterocycles. The van der Waals surface area contributed by atoms with Crippen molar-refractivity contribution < 1.29 is 9.53 Å². The number of piperidine rings is 1. The first-order chi connectivity index (χ1) is 15.6. The molecule has 2 fully saturated rings. The molecule has 0 aromatic heterocycles. The van der Waals surface area contributed by atoms with Crippen LogP contribution in [0, 0.1) is 0 Å². The summed E-state index contributed by atoms with van der Waals surface area (Å²) in [5.74, 6) is -0.218. The highest BCUT2D eigenvalue weighted by Gasteiger charge is 2.37. The number of nitrogens with zero attached hydrogens (tertiary/aromatic N) is 3. The van der Waals surface area contributed by atoms with Crippen LogP contribution in [0.4, 0.5) is 5.69 Å². The second-order valence-corrected chi connectivity index (χ2v) is 9.07. The molecular weight excluding hydrogens is 397 g/mol. The number of likely N-dealkylation sites (tertiary alicyclic amines) is 1. The van der Waals surface area contributed by atoms with Gasteiger partial charge in [0.05, 0.1) is 14.3 Å². The van der Waals surface area contributed by atoms with Gasteiger partial charge in [0.2, 0.25) is 0 Å². The van der Waals surface area contributed by atoms with E-state index in [0.29, 0.717) is 13.2 Å². The minimum Gasteiger partial charge on any atom is -0.461 e. The number of carbonyl (C=O) groups is 1. The minimum atomic E-state index is -0.691. The number of anilines is 1. The molecule has 2 radical (unpaired) electrons. The van der Waals surface area contributed by atoms with Crippen molar-refractivity contribution >= 4 is 19.5 Å². The van der Waals surface area contributed by atoms with Crippen molar-refractivity contribution in [3.63, 3.8) is 0 Å². The first kappa shape index (κ1) is 22.9. The molecule has 1 unspecified atom stereocenters. The highest BCUT2D eigenvalue weighted by atomic mass is 16.5. The van der Waals surface area contributed by atoms with Gasteiger partial charge >= 0.3 is 5.97 Å². The van der Waals surface area contributed by atoms with Crippen molar-refractivity contribution in [2.24, 2.45) is 0 Å². The maximum atomic E-state index is 12.8. The zero-order valence-corrected chi connectivity index (χ0v) is 19.0. The number of para-hydroxylation sites is 1. The average molecular weight is 431 g/mol. The topological polar surface area (TPSA) is 36.0 Å². The summed E-state index contributed by atoms with van der Waals surface area (Å²) in [5, 5.41) is 0. The van der Waals surface area contributed by atoms with Crippen molar-refractivity contribution in [3.8, 4) is 0 Å². The number of benzene rings is 2. The second kappa shape index (κ2) is 11.0. The second-order valence-electron chi connectivity index (χ2n) is 9.07. The molecule has 2 saturated heterocycles. The Labute approximate surface area is 193 Å². The van der Waals surface area contributed by atoms with Crippen molar-refractivity contribution in [2.75, 3.05) is 50.7 Å². The Morgan fingerprint density at radius 3 is 2.12 bits per heavy atom. The third-order valence-electron chi connectivity index (χ3n) is 6.67. The summed E-state index contributed by atoms with van der Waals surface area (Å²) < 4.78 is 5.61. The van der Waals surface area contributed by atoms with Gasteiger partial charge in [0.15, 0.2) is 0 Å². The lowest BCUT2D eigenvalue weighted by Crippen LogP contribution is -2.61. The Hall–Kier alpha value is -2.31. The van der Waals surface area contributed by atoms with Gasteiger partial charge in [0.25, 0.3) is 0 Å². The van der Waals surface area contributed by atoms with Gasteiger partial charge in [-0.2, -0.15) is 0 Å². The standard InChI is InChI=1S/C26H34BN3O2/c27-26(30-14-8-3-9-15-30,20-25(31)32-21-23-10-4-1-5-11-23)22-28-16-18-29(19-17-28)24-12-6-2-7-13-24/h1-2,4-7,10-13H,3,8-9,14-22H2. The van der Waals surface area contributed by atoms with Crippen LogP contribution in [0.25, 0.3) is 0 Å². The highest BCUT2D eigenvalue weighted by Crippen LogP contribution is 2.25. The van der Waals surface area contributed by atoms with Crippen molar-refractivity contribution in [1.82, 2.24) is 9.80 Å². The Bertz CT molecular complexity index is 837. The normalized spacial score (nSPS) is 19.9. The summed E-state index contributed by atoms with van der Waals surface area (Å²) in [6.45, 7) is 6.72. The Morgan fingerprint density at radius 1 is 0.844 bits per heavy atom. The van der Waals surface area contributed by atoms with Gasteiger partial charge in [-0.3, -0.25) is 9.69 Å². The SMILES string of the molecule is [B]C(CC(=O)OCc1ccccc1)(CN1CCN(c2ccccc2)CC1)N1CCCCC1. The van der Waals surface area contributed by atoms with Crippen LogP contribution in [0.2, 0.25) is 0 Å². The van der Waals surface area contributed by atoms with Crippen LogP contribution in [-0.4, -0.2) is 74.9 Å². The summed E-state index contributed by atoms with van der Waals surface area (Å²) in [4.78, 5) is 20.0. The van der Waals surface area contributed by atoms with Crippen molar-refractivity contribution in [1.29, 1.82) is 0 Å². The minimum absolute atomic E-state index is 0.218. The molecule has 0 saturated carbocycles. The maximum absolute atomic E-state index is 12.8. The molecule has 2 aliphatic rings. The van der Waals surface area contributed by atoms with E-state index in [4.69, 9.17) is 12.6 Å². The monoisotopic (exact) mass is 431 g/mol. The third-order valence-corrected chi connectivity index (χ3v) is 6.67. The predicted molar refractivity (Wildman–Crippen MR) is 130 cm³/mol. The van der Waals surface area contributed by atoms with Gasteiger partial charge < -0.3 is 14.5 Å². The van der Waals surface area contributed by atoms with Gasteiger partial charge in [-0.1, -0.05) is 55.0 Å². The average Bonchev–Trinajstić information content (AvgIpc) is 2.85. The van der Waals surface area contributed by atoms with Gasteiger partial charge in [-0.25, -0.2) is 0 Å². The molecule has 0 spiro atoms. The number of rotatable bonds is 8. The fourth-order valence-electron chi connectivity index (χ4n) is 4.84. The predicted octanol–water partition coefficient (Wildman–Crippen LogP) is 3.29. The zero-order valence-electron chi connectivity index (χ0n) is 19.0. The molecule has 2 aromatic rings. The van der Waals surface area contributed by atoms with Crippen LogP contribution in [0.15, 0.2) is 60.7 Å². The molecule has 32 heavy (non-hydrogen) atoms. The molecule has 6 heteroatoms. The molecule has 5 nitrogen and oxygen atoms in total. The molecule has 0 aliphatic carbocycles. The van der Waals surface area contributed by atoms with Crippen LogP contribution in [0.5, 0.6) is 0 Å². The fourth-order valence-corrected chi connectivity index (χ4v) is 4.84. The lowest BCUT2D eigenvalue weighted by Gasteiger charge is -2.47. The van der Waals surface area contributed by atoms with E-state index in [1.54, 1.807) is 0 Å². The van der Waals surface area contributed by atoms with E-state index >= 15 is 0 Å². The maximum Gasteiger partial charge on any atom is 0.307 e. The number of hydrogen-bond acceptors (Lipinski definition) is 5. The Kier molecular flexibility index (Phi) is 7.88. The van der Waals surface area contributed by atoms with Gasteiger partial charge in [-0.05, 0) is 43.6 Å². The lowest BCUT2D eigenvalue weighted by atomic mass is 9.71.